The van der Waals surface area contributed by atoms with Crippen molar-refractivity contribution in [1.82, 2.24) is 9.80 Å². The molecule has 0 amide bonds. The van der Waals surface area contributed by atoms with Crippen LogP contribution in [0.4, 0.5) is 0 Å². The molecule has 1 aliphatic rings. The first kappa shape index (κ1) is 13.9. The van der Waals surface area contributed by atoms with Crippen LogP contribution in [-0.4, -0.2) is 74.0 Å². The SMILES string of the molecule is CCC(CO)OCCCN1CCN(C)CC1. The van der Waals surface area contributed by atoms with Crippen LogP contribution in [0, 0.1) is 0 Å². The average molecular weight is 230 g/mol. The van der Waals surface area contributed by atoms with Crippen LogP contribution < -0.4 is 0 Å². The third-order valence-electron chi connectivity index (χ3n) is 3.23. The van der Waals surface area contributed by atoms with Crippen LogP contribution in [0.2, 0.25) is 0 Å². The second-order valence-electron chi connectivity index (χ2n) is 4.58. The van der Waals surface area contributed by atoms with Gasteiger partial charge in [-0.1, -0.05) is 6.92 Å². The lowest BCUT2D eigenvalue weighted by Crippen LogP contribution is -2.44. The Balaban J connectivity index is 1.98. The van der Waals surface area contributed by atoms with E-state index in [0.29, 0.717) is 0 Å². The largest absolute Gasteiger partial charge is 0.394 e. The van der Waals surface area contributed by atoms with E-state index in [4.69, 9.17) is 9.84 Å². The van der Waals surface area contributed by atoms with Gasteiger partial charge in [0.05, 0.1) is 12.7 Å². The van der Waals surface area contributed by atoms with E-state index in [2.05, 4.69) is 16.8 Å². The van der Waals surface area contributed by atoms with E-state index in [1.54, 1.807) is 0 Å². The average Bonchev–Trinajstić information content (AvgIpc) is 2.32. The molecule has 1 atom stereocenters. The van der Waals surface area contributed by atoms with Crippen molar-refractivity contribution in [1.29, 1.82) is 0 Å². The lowest BCUT2D eigenvalue weighted by atomic mass is 10.3. The van der Waals surface area contributed by atoms with E-state index < -0.39 is 0 Å². The lowest BCUT2D eigenvalue weighted by Gasteiger charge is -2.32. The van der Waals surface area contributed by atoms with Crippen molar-refractivity contribution in [2.24, 2.45) is 0 Å². The van der Waals surface area contributed by atoms with E-state index in [9.17, 15) is 0 Å². The first-order chi connectivity index (χ1) is 7.76. The highest BCUT2D eigenvalue weighted by molar-refractivity contribution is 4.68. The fourth-order valence-corrected chi connectivity index (χ4v) is 1.91. The number of rotatable bonds is 7. The van der Waals surface area contributed by atoms with Crippen molar-refractivity contribution in [2.45, 2.75) is 25.9 Å². The van der Waals surface area contributed by atoms with Gasteiger partial charge in [-0.15, -0.1) is 0 Å². The van der Waals surface area contributed by atoms with Gasteiger partial charge in [0.15, 0.2) is 0 Å². The molecule has 0 spiro atoms. The van der Waals surface area contributed by atoms with Crippen molar-refractivity contribution in [2.75, 3.05) is 53.0 Å². The summed E-state index contributed by atoms with van der Waals surface area (Å²) in [4.78, 5) is 4.86. The summed E-state index contributed by atoms with van der Waals surface area (Å²) in [5, 5.41) is 8.96. The summed E-state index contributed by atoms with van der Waals surface area (Å²) in [6.07, 6.45) is 2.00. The van der Waals surface area contributed by atoms with Crippen LogP contribution in [0.5, 0.6) is 0 Å². The number of piperazine rings is 1. The second kappa shape index (κ2) is 8.01. The topological polar surface area (TPSA) is 35.9 Å². The maximum Gasteiger partial charge on any atom is 0.0803 e. The highest BCUT2D eigenvalue weighted by Gasteiger charge is 2.13. The highest BCUT2D eigenvalue weighted by atomic mass is 16.5. The molecule has 0 saturated carbocycles. The van der Waals surface area contributed by atoms with Crippen LogP contribution in [0.1, 0.15) is 19.8 Å². The van der Waals surface area contributed by atoms with Crippen LogP contribution >= 0.6 is 0 Å². The maximum atomic E-state index is 8.96. The van der Waals surface area contributed by atoms with Crippen molar-refractivity contribution < 1.29 is 9.84 Å². The molecule has 1 fully saturated rings. The van der Waals surface area contributed by atoms with E-state index in [1.165, 1.54) is 26.2 Å². The second-order valence-corrected chi connectivity index (χ2v) is 4.58. The normalized spacial score (nSPS) is 21.2. The zero-order chi connectivity index (χ0) is 11.8. The van der Waals surface area contributed by atoms with Gasteiger partial charge in [-0.25, -0.2) is 0 Å². The van der Waals surface area contributed by atoms with Crippen LogP contribution in [-0.2, 0) is 4.74 Å². The summed E-state index contributed by atoms with van der Waals surface area (Å²) in [5.41, 5.74) is 0. The van der Waals surface area contributed by atoms with Gasteiger partial charge >= 0.3 is 0 Å². The molecule has 1 rings (SSSR count). The molecule has 1 saturated heterocycles. The predicted octanol–water partition coefficient (Wildman–Crippen LogP) is 0.411. The summed E-state index contributed by atoms with van der Waals surface area (Å²) < 4.78 is 5.57. The van der Waals surface area contributed by atoms with Gasteiger partial charge in [0.2, 0.25) is 0 Å². The molecular weight excluding hydrogens is 204 g/mol. The van der Waals surface area contributed by atoms with Crippen molar-refractivity contribution in [3.63, 3.8) is 0 Å². The molecule has 0 aromatic rings. The van der Waals surface area contributed by atoms with Gasteiger partial charge in [-0.3, -0.25) is 0 Å². The lowest BCUT2D eigenvalue weighted by molar-refractivity contribution is 0.00593. The van der Waals surface area contributed by atoms with Gasteiger partial charge in [-0.05, 0) is 19.9 Å². The van der Waals surface area contributed by atoms with Gasteiger partial charge in [0.25, 0.3) is 0 Å². The molecule has 0 bridgehead atoms. The zero-order valence-electron chi connectivity index (χ0n) is 10.7. The fraction of sp³-hybridized carbons (Fsp3) is 1.00. The fourth-order valence-electron chi connectivity index (χ4n) is 1.91. The molecule has 0 radical (unpaired) electrons. The molecule has 96 valence electrons. The first-order valence-corrected chi connectivity index (χ1v) is 6.39. The Morgan fingerprint density at radius 2 is 1.94 bits per heavy atom. The highest BCUT2D eigenvalue weighted by Crippen LogP contribution is 2.02. The van der Waals surface area contributed by atoms with Gasteiger partial charge in [0.1, 0.15) is 0 Å². The number of aliphatic hydroxyl groups excluding tert-OH is 1. The standard InChI is InChI=1S/C12H26N2O2/c1-3-12(11-15)16-10-4-5-14-8-6-13(2)7-9-14/h12,15H,3-11H2,1-2H3. The monoisotopic (exact) mass is 230 g/mol. The van der Waals surface area contributed by atoms with Gasteiger partial charge < -0.3 is 19.6 Å². The summed E-state index contributed by atoms with van der Waals surface area (Å²) in [6, 6.07) is 0. The number of aliphatic hydroxyl groups is 1. The molecule has 1 N–H and O–H groups in total. The molecule has 0 aliphatic carbocycles. The summed E-state index contributed by atoms with van der Waals surface area (Å²) in [7, 11) is 2.17. The number of hydrogen-bond acceptors (Lipinski definition) is 4. The van der Waals surface area contributed by atoms with E-state index in [0.717, 1.165) is 26.0 Å². The molecule has 4 nitrogen and oxygen atoms in total. The number of nitrogens with zero attached hydrogens (tertiary/aromatic N) is 2. The Hall–Kier alpha value is -0.160. The maximum absolute atomic E-state index is 8.96. The number of likely N-dealkylation sites (N-methyl/N-ethyl adjacent to an activating group) is 1. The van der Waals surface area contributed by atoms with Crippen molar-refractivity contribution in [3.8, 4) is 0 Å². The van der Waals surface area contributed by atoms with Crippen molar-refractivity contribution in [3.05, 3.63) is 0 Å². The molecule has 1 heterocycles. The van der Waals surface area contributed by atoms with Crippen LogP contribution in [0.25, 0.3) is 0 Å². The summed E-state index contributed by atoms with van der Waals surface area (Å²) >= 11 is 0. The molecule has 4 heteroatoms. The van der Waals surface area contributed by atoms with Crippen LogP contribution in [0.15, 0.2) is 0 Å². The van der Waals surface area contributed by atoms with Gasteiger partial charge in [-0.2, -0.15) is 0 Å². The minimum absolute atomic E-state index is 0.0347. The summed E-state index contributed by atoms with van der Waals surface area (Å²) in [5.74, 6) is 0. The molecule has 0 aromatic carbocycles. The predicted molar refractivity (Wildman–Crippen MR) is 65.7 cm³/mol. The van der Waals surface area contributed by atoms with Gasteiger partial charge in [0, 0.05) is 39.3 Å². The Kier molecular flexibility index (Phi) is 6.96. The zero-order valence-corrected chi connectivity index (χ0v) is 10.7. The quantitative estimate of drug-likeness (QED) is 0.643. The molecular formula is C12H26N2O2. The minimum Gasteiger partial charge on any atom is -0.394 e. The smallest absolute Gasteiger partial charge is 0.0803 e. The Bertz CT molecular complexity index is 166. The number of hydrogen-bond donors (Lipinski definition) is 1. The Morgan fingerprint density at radius 1 is 1.25 bits per heavy atom. The Morgan fingerprint density at radius 3 is 2.50 bits per heavy atom. The van der Waals surface area contributed by atoms with E-state index in [-0.39, 0.29) is 12.7 Å². The minimum atomic E-state index is 0.0347. The third-order valence-corrected chi connectivity index (χ3v) is 3.23. The first-order valence-electron chi connectivity index (χ1n) is 6.39. The molecule has 16 heavy (non-hydrogen) atoms. The molecule has 0 aromatic heterocycles. The summed E-state index contributed by atoms with van der Waals surface area (Å²) in [6.45, 7) is 8.78. The molecule has 1 unspecified atom stereocenters. The van der Waals surface area contributed by atoms with Crippen LogP contribution in [0.3, 0.4) is 0 Å². The van der Waals surface area contributed by atoms with E-state index in [1.807, 2.05) is 6.92 Å². The van der Waals surface area contributed by atoms with Crippen molar-refractivity contribution >= 4 is 0 Å². The Labute approximate surface area is 99.2 Å². The molecule has 1 aliphatic heterocycles. The number of ether oxygens (including phenoxy) is 1. The van der Waals surface area contributed by atoms with E-state index >= 15 is 0 Å². The third kappa shape index (κ3) is 5.25.